The van der Waals surface area contributed by atoms with Gasteiger partial charge in [0.25, 0.3) is 0 Å². The van der Waals surface area contributed by atoms with Gasteiger partial charge >= 0.3 is 0 Å². The summed E-state index contributed by atoms with van der Waals surface area (Å²) in [6.07, 6.45) is 6.23. The molecule has 1 N–H and O–H groups in total. The van der Waals surface area contributed by atoms with Crippen molar-refractivity contribution in [3.8, 4) is 0 Å². The Hall–Kier alpha value is -0.760. The molecule has 0 saturated heterocycles. The van der Waals surface area contributed by atoms with E-state index >= 15 is 0 Å². The largest absolute Gasteiger partial charge is 0.350 e. The van der Waals surface area contributed by atoms with Crippen molar-refractivity contribution in [1.82, 2.24) is 9.88 Å². The summed E-state index contributed by atoms with van der Waals surface area (Å²) in [4.78, 5) is 0. The summed E-state index contributed by atoms with van der Waals surface area (Å²) in [5.74, 6) is 0.944. The van der Waals surface area contributed by atoms with Crippen LogP contribution < -0.4 is 5.32 Å². The molecule has 1 atom stereocenters. The van der Waals surface area contributed by atoms with Gasteiger partial charge in [-0.1, -0.05) is 6.92 Å². The molecule has 0 radical (unpaired) electrons. The highest BCUT2D eigenvalue weighted by atomic mass is 15.0. The predicted molar refractivity (Wildman–Crippen MR) is 63.7 cm³/mol. The summed E-state index contributed by atoms with van der Waals surface area (Å²) >= 11 is 0. The molecule has 1 aliphatic carbocycles. The Balaban J connectivity index is 1.83. The van der Waals surface area contributed by atoms with E-state index in [1.54, 1.807) is 0 Å². The van der Waals surface area contributed by atoms with E-state index in [1.807, 2.05) is 0 Å². The van der Waals surface area contributed by atoms with Gasteiger partial charge in [-0.25, -0.2) is 0 Å². The van der Waals surface area contributed by atoms with Gasteiger partial charge in [-0.2, -0.15) is 0 Å². The molecular weight excluding hydrogens is 184 g/mol. The van der Waals surface area contributed by atoms with Crippen LogP contribution in [-0.4, -0.2) is 10.6 Å². The van der Waals surface area contributed by atoms with Crippen molar-refractivity contribution in [2.24, 2.45) is 5.92 Å². The fourth-order valence-corrected chi connectivity index (χ4v) is 2.10. The second-order valence-electron chi connectivity index (χ2n) is 4.70. The van der Waals surface area contributed by atoms with Gasteiger partial charge in [0.05, 0.1) is 0 Å². The van der Waals surface area contributed by atoms with Gasteiger partial charge in [-0.15, -0.1) is 0 Å². The minimum Gasteiger partial charge on any atom is -0.350 e. The predicted octanol–water partition coefficient (Wildman–Crippen LogP) is 2.79. The lowest BCUT2D eigenvalue weighted by Crippen LogP contribution is -2.28. The fourth-order valence-electron chi connectivity index (χ4n) is 2.10. The molecule has 0 aliphatic heterocycles. The maximum absolute atomic E-state index is 3.62. The van der Waals surface area contributed by atoms with Crippen LogP contribution in [0.1, 0.15) is 38.8 Å². The van der Waals surface area contributed by atoms with E-state index in [1.165, 1.54) is 25.0 Å². The monoisotopic (exact) mass is 206 g/mol. The summed E-state index contributed by atoms with van der Waals surface area (Å²) in [5.41, 5.74) is 1.42. The molecular formula is C13H22N2. The third kappa shape index (κ3) is 2.85. The molecule has 1 aliphatic rings. The van der Waals surface area contributed by atoms with Crippen LogP contribution in [0.5, 0.6) is 0 Å². The molecule has 0 bridgehead atoms. The fraction of sp³-hybridized carbons (Fsp3) is 0.692. The minimum absolute atomic E-state index is 0.690. The number of aryl methyl sites for hydroxylation is 1. The highest BCUT2D eigenvalue weighted by Gasteiger charge is 2.27. The van der Waals surface area contributed by atoms with E-state index in [9.17, 15) is 0 Å². The summed E-state index contributed by atoms with van der Waals surface area (Å²) in [6, 6.07) is 5.06. The van der Waals surface area contributed by atoms with E-state index in [-0.39, 0.29) is 0 Å². The highest BCUT2D eigenvalue weighted by molar-refractivity contribution is 5.07. The molecule has 2 heteroatoms. The summed E-state index contributed by atoms with van der Waals surface area (Å²) in [7, 11) is 0. The van der Waals surface area contributed by atoms with Gasteiger partial charge < -0.3 is 9.88 Å². The van der Waals surface area contributed by atoms with E-state index in [4.69, 9.17) is 0 Å². The number of aromatic nitrogens is 1. The first kappa shape index (κ1) is 10.7. The number of rotatable bonds is 6. The summed E-state index contributed by atoms with van der Waals surface area (Å²) < 4.78 is 2.35. The molecule has 1 aromatic heterocycles. The molecule has 1 saturated carbocycles. The first-order valence-electron chi connectivity index (χ1n) is 6.18. The SMILES string of the molecule is CCCn1cccc1CNC(C)C1CC1. The number of nitrogens with one attached hydrogen (secondary N) is 1. The van der Waals surface area contributed by atoms with Crippen LogP contribution in [0.2, 0.25) is 0 Å². The van der Waals surface area contributed by atoms with Gasteiger partial charge in [0.2, 0.25) is 0 Å². The van der Waals surface area contributed by atoms with Gasteiger partial charge in [0.1, 0.15) is 0 Å². The minimum atomic E-state index is 0.690. The zero-order valence-corrected chi connectivity index (χ0v) is 9.87. The maximum atomic E-state index is 3.62. The Labute approximate surface area is 92.7 Å². The Morgan fingerprint density at radius 2 is 2.33 bits per heavy atom. The molecule has 0 amide bonds. The van der Waals surface area contributed by atoms with Crippen LogP contribution in [0.4, 0.5) is 0 Å². The standard InChI is InChI=1S/C13H22N2/c1-3-8-15-9-4-5-13(15)10-14-11(2)12-6-7-12/h4-5,9,11-12,14H,3,6-8,10H2,1-2H3. The highest BCUT2D eigenvalue weighted by Crippen LogP contribution is 2.32. The van der Waals surface area contributed by atoms with Crippen molar-refractivity contribution in [2.75, 3.05) is 0 Å². The summed E-state index contributed by atoms with van der Waals surface area (Å²) in [6.45, 7) is 6.70. The maximum Gasteiger partial charge on any atom is 0.0361 e. The van der Waals surface area contributed by atoms with Crippen LogP contribution in [0, 0.1) is 5.92 Å². The van der Waals surface area contributed by atoms with Crippen molar-refractivity contribution in [3.05, 3.63) is 24.0 Å². The molecule has 1 aromatic rings. The molecule has 15 heavy (non-hydrogen) atoms. The van der Waals surface area contributed by atoms with Crippen LogP contribution in [0.3, 0.4) is 0 Å². The molecule has 84 valence electrons. The van der Waals surface area contributed by atoms with Crippen molar-refractivity contribution in [2.45, 2.75) is 52.2 Å². The van der Waals surface area contributed by atoms with E-state index in [0.717, 1.165) is 19.0 Å². The third-order valence-corrected chi connectivity index (χ3v) is 3.32. The molecule has 1 heterocycles. The number of hydrogen-bond donors (Lipinski definition) is 1. The van der Waals surface area contributed by atoms with E-state index in [0.29, 0.717) is 6.04 Å². The van der Waals surface area contributed by atoms with Crippen molar-refractivity contribution >= 4 is 0 Å². The molecule has 2 nitrogen and oxygen atoms in total. The molecule has 1 unspecified atom stereocenters. The first-order valence-corrected chi connectivity index (χ1v) is 6.18. The van der Waals surface area contributed by atoms with E-state index in [2.05, 4.69) is 42.1 Å². The van der Waals surface area contributed by atoms with Crippen LogP contribution in [0.15, 0.2) is 18.3 Å². The topological polar surface area (TPSA) is 17.0 Å². The zero-order valence-electron chi connectivity index (χ0n) is 9.87. The molecule has 1 fully saturated rings. The smallest absolute Gasteiger partial charge is 0.0361 e. The van der Waals surface area contributed by atoms with E-state index < -0.39 is 0 Å². The summed E-state index contributed by atoms with van der Waals surface area (Å²) in [5, 5.41) is 3.62. The molecule has 0 spiro atoms. The van der Waals surface area contributed by atoms with Crippen LogP contribution in [-0.2, 0) is 13.1 Å². The van der Waals surface area contributed by atoms with Crippen LogP contribution in [0.25, 0.3) is 0 Å². The Bertz CT molecular complexity index is 299. The second kappa shape index (κ2) is 4.84. The van der Waals surface area contributed by atoms with Crippen LogP contribution >= 0.6 is 0 Å². The Kier molecular flexibility index (Phi) is 3.47. The average Bonchev–Trinajstić information content (AvgIpc) is 2.99. The average molecular weight is 206 g/mol. The van der Waals surface area contributed by atoms with Crippen molar-refractivity contribution in [1.29, 1.82) is 0 Å². The lowest BCUT2D eigenvalue weighted by molar-refractivity contribution is 0.481. The lowest BCUT2D eigenvalue weighted by atomic mass is 10.2. The zero-order chi connectivity index (χ0) is 10.7. The normalized spacial score (nSPS) is 18.0. The second-order valence-corrected chi connectivity index (χ2v) is 4.70. The van der Waals surface area contributed by atoms with Gasteiger partial charge in [-0.3, -0.25) is 0 Å². The lowest BCUT2D eigenvalue weighted by Gasteiger charge is -2.14. The van der Waals surface area contributed by atoms with Gasteiger partial charge in [0.15, 0.2) is 0 Å². The molecule has 0 aromatic carbocycles. The number of hydrogen-bond acceptors (Lipinski definition) is 1. The first-order chi connectivity index (χ1) is 7.31. The Morgan fingerprint density at radius 1 is 1.53 bits per heavy atom. The molecule has 2 rings (SSSR count). The third-order valence-electron chi connectivity index (χ3n) is 3.32. The van der Waals surface area contributed by atoms with Gasteiger partial charge in [-0.05, 0) is 44.2 Å². The van der Waals surface area contributed by atoms with Gasteiger partial charge in [0, 0.05) is 31.0 Å². The Morgan fingerprint density at radius 3 is 3.00 bits per heavy atom. The van der Waals surface area contributed by atoms with Crippen molar-refractivity contribution < 1.29 is 0 Å². The number of nitrogens with zero attached hydrogens (tertiary/aromatic N) is 1. The van der Waals surface area contributed by atoms with Crippen molar-refractivity contribution in [3.63, 3.8) is 0 Å². The quantitative estimate of drug-likeness (QED) is 0.757.